The van der Waals surface area contributed by atoms with Gasteiger partial charge in [0.2, 0.25) is 0 Å². The van der Waals surface area contributed by atoms with Gasteiger partial charge < -0.3 is 5.11 Å². The first-order valence-corrected chi connectivity index (χ1v) is 7.21. The largest absolute Gasteiger partial charge is 0.389 e. The lowest BCUT2D eigenvalue weighted by atomic mass is 10.1. The molecule has 3 nitrogen and oxygen atoms in total. The SMILES string of the molecule is CCN(CC(=O)c1sccc1Br)CC(C)(C)O. The number of hydrogen-bond acceptors (Lipinski definition) is 4. The summed E-state index contributed by atoms with van der Waals surface area (Å²) in [6.07, 6.45) is 0. The third-order valence-electron chi connectivity index (χ3n) is 2.30. The molecular formula is C12H18BrNO2S. The van der Waals surface area contributed by atoms with Crippen molar-refractivity contribution in [2.45, 2.75) is 26.4 Å². The molecule has 0 aliphatic carbocycles. The van der Waals surface area contributed by atoms with E-state index in [0.29, 0.717) is 13.1 Å². The van der Waals surface area contributed by atoms with Gasteiger partial charge in [-0.15, -0.1) is 11.3 Å². The summed E-state index contributed by atoms with van der Waals surface area (Å²) in [5.41, 5.74) is -0.775. The van der Waals surface area contributed by atoms with Gasteiger partial charge in [-0.3, -0.25) is 9.69 Å². The van der Waals surface area contributed by atoms with Gasteiger partial charge in [-0.25, -0.2) is 0 Å². The second-order valence-corrected chi connectivity index (χ2v) is 6.41. The van der Waals surface area contributed by atoms with Crippen LogP contribution in [0.15, 0.2) is 15.9 Å². The Morgan fingerprint density at radius 1 is 1.59 bits per heavy atom. The highest BCUT2D eigenvalue weighted by Crippen LogP contribution is 2.23. The van der Waals surface area contributed by atoms with E-state index in [1.54, 1.807) is 13.8 Å². The van der Waals surface area contributed by atoms with Gasteiger partial charge in [0.25, 0.3) is 0 Å². The molecule has 0 aromatic carbocycles. The number of carbonyl (C=O) groups is 1. The highest BCUT2D eigenvalue weighted by atomic mass is 79.9. The van der Waals surface area contributed by atoms with Crippen molar-refractivity contribution in [3.8, 4) is 0 Å². The topological polar surface area (TPSA) is 40.5 Å². The van der Waals surface area contributed by atoms with Crippen LogP contribution < -0.4 is 0 Å². The second kappa shape index (κ2) is 6.09. The zero-order valence-corrected chi connectivity index (χ0v) is 12.8. The molecule has 0 amide bonds. The second-order valence-electron chi connectivity index (χ2n) is 4.64. The number of Topliss-reactive ketones (excluding diaryl/α,β-unsaturated/α-hetero) is 1. The van der Waals surface area contributed by atoms with Gasteiger partial charge in [0.15, 0.2) is 5.78 Å². The number of halogens is 1. The molecule has 0 bridgehead atoms. The van der Waals surface area contributed by atoms with Gasteiger partial charge in [0.05, 0.1) is 17.0 Å². The smallest absolute Gasteiger partial charge is 0.187 e. The minimum absolute atomic E-state index is 0.0953. The lowest BCUT2D eigenvalue weighted by Crippen LogP contribution is -2.41. The molecular weight excluding hydrogens is 302 g/mol. The quantitative estimate of drug-likeness (QED) is 0.820. The number of carbonyl (C=O) groups excluding carboxylic acids is 1. The van der Waals surface area contributed by atoms with E-state index in [-0.39, 0.29) is 5.78 Å². The number of likely N-dealkylation sites (N-methyl/N-ethyl adjacent to an activating group) is 1. The fraction of sp³-hybridized carbons (Fsp3) is 0.583. The summed E-state index contributed by atoms with van der Waals surface area (Å²) in [6, 6.07) is 1.88. The predicted molar refractivity (Wildman–Crippen MR) is 74.8 cm³/mol. The van der Waals surface area contributed by atoms with Crippen molar-refractivity contribution in [2.75, 3.05) is 19.6 Å². The van der Waals surface area contributed by atoms with Crippen molar-refractivity contribution < 1.29 is 9.90 Å². The Hall–Kier alpha value is -0.230. The minimum Gasteiger partial charge on any atom is -0.389 e. The van der Waals surface area contributed by atoms with Gasteiger partial charge in [0.1, 0.15) is 0 Å². The Bertz CT molecular complexity index is 384. The lowest BCUT2D eigenvalue weighted by Gasteiger charge is -2.27. The maximum Gasteiger partial charge on any atom is 0.187 e. The molecule has 0 atom stereocenters. The van der Waals surface area contributed by atoms with Crippen LogP contribution >= 0.6 is 27.3 Å². The highest BCUT2D eigenvalue weighted by Gasteiger charge is 2.21. The molecule has 1 aromatic heterocycles. The van der Waals surface area contributed by atoms with Crippen molar-refractivity contribution in [3.05, 3.63) is 20.8 Å². The number of aliphatic hydroxyl groups is 1. The Labute approximate surface area is 115 Å². The molecule has 0 aliphatic rings. The number of rotatable bonds is 6. The monoisotopic (exact) mass is 319 g/mol. The number of hydrogen-bond donors (Lipinski definition) is 1. The van der Waals surface area contributed by atoms with E-state index in [1.165, 1.54) is 11.3 Å². The van der Waals surface area contributed by atoms with Crippen LogP contribution in [-0.4, -0.2) is 41.0 Å². The van der Waals surface area contributed by atoms with Crippen LogP contribution in [0.4, 0.5) is 0 Å². The highest BCUT2D eigenvalue weighted by molar-refractivity contribution is 9.10. The van der Waals surface area contributed by atoms with Crippen molar-refractivity contribution in [3.63, 3.8) is 0 Å². The third kappa shape index (κ3) is 4.87. The first-order valence-electron chi connectivity index (χ1n) is 5.54. The lowest BCUT2D eigenvalue weighted by molar-refractivity contribution is 0.0376. The van der Waals surface area contributed by atoms with E-state index in [0.717, 1.165) is 15.9 Å². The first-order chi connectivity index (χ1) is 7.83. The average molecular weight is 320 g/mol. The first kappa shape index (κ1) is 14.8. The van der Waals surface area contributed by atoms with Gasteiger partial charge in [-0.1, -0.05) is 6.92 Å². The number of nitrogens with zero attached hydrogens (tertiary/aromatic N) is 1. The van der Waals surface area contributed by atoms with E-state index < -0.39 is 5.60 Å². The van der Waals surface area contributed by atoms with E-state index in [9.17, 15) is 9.90 Å². The Morgan fingerprint density at radius 3 is 2.65 bits per heavy atom. The van der Waals surface area contributed by atoms with Crippen molar-refractivity contribution in [2.24, 2.45) is 0 Å². The van der Waals surface area contributed by atoms with Crippen LogP contribution in [-0.2, 0) is 0 Å². The zero-order chi connectivity index (χ0) is 13.1. The molecule has 0 spiro atoms. The molecule has 1 N–H and O–H groups in total. The molecule has 0 saturated heterocycles. The minimum atomic E-state index is -0.775. The molecule has 1 rings (SSSR count). The summed E-state index contributed by atoms with van der Waals surface area (Å²) < 4.78 is 0.854. The molecule has 0 aliphatic heterocycles. The van der Waals surface area contributed by atoms with Crippen LogP contribution in [0.5, 0.6) is 0 Å². The molecule has 96 valence electrons. The number of thiophene rings is 1. The summed E-state index contributed by atoms with van der Waals surface area (Å²) in [7, 11) is 0. The zero-order valence-electron chi connectivity index (χ0n) is 10.4. The average Bonchev–Trinajstić information content (AvgIpc) is 2.61. The summed E-state index contributed by atoms with van der Waals surface area (Å²) in [4.78, 5) is 14.7. The Balaban J connectivity index is 2.63. The Kier molecular flexibility index (Phi) is 5.31. The standard InChI is InChI=1S/C12H18BrNO2S/c1-4-14(8-12(2,3)16)7-10(15)11-9(13)5-6-17-11/h5-6,16H,4,7-8H2,1-3H3. The summed E-state index contributed by atoms with van der Waals surface area (Å²) in [5, 5.41) is 11.7. The number of ketones is 1. The van der Waals surface area contributed by atoms with Gasteiger partial charge in [-0.2, -0.15) is 0 Å². The molecule has 0 fully saturated rings. The normalized spacial score (nSPS) is 12.1. The Morgan fingerprint density at radius 2 is 2.24 bits per heavy atom. The van der Waals surface area contributed by atoms with Crippen molar-refractivity contribution in [1.82, 2.24) is 4.90 Å². The molecule has 1 heterocycles. The van der Waals surface area contributed by atoms with Gasteiger partial charge in [0, 0.05) is 11.0 Å². The molecule has 0 radical (unpaired) electrons. The van der Waals surface area contributed by atoms with Crippen molar-refractivity contribution >= 4 is 33.0 Å². The van der Waals surface area contributed by atoms with Crippen LogP contribution in [0, 0.1) is 0 Å². The van der Waals surface area contributed by atoms with Crippen molar-refractivity contribution in [1.29, 1.82) is 0 Å². The molecule has 5 heteroatoms. The molecule has 17 heavy (non-hydrogen) atoms. The van der Waals surface area contributed by atoms with Crippen LogP contribution in [0.3, 0.4) is 0 Å². The molecule has 0 saturated carbocycles. The van der Waals surface area contributed by atoms with Gasteiger partial charge in [-0.05, 0) is 47.8 Å². The third-order valence-corrected chi connectivity index (χ3v) is 4.17. The molecule has 1 aromatic rings. The summed E-state index contributed by atoms with van der Waals surface area (Å²) in [6.45, 7) is 7.08. The maximum atomic E-state index is 12.0. The fourth-order valence-corrected chi connectivity index (χ4v) is 3.12. The maximum absolute atomic E-state index is 12.0. The van der Waals surface area contributed by atoms with E-state index in [4.69, 9.17) is 0 Å². The van der Waals surface area contributed by atoms with Crippen LogP contribution in [0.25, 0.3) is 0 Å². The van der Waals surface area contributed by atoms with Crippen LogP contribution in [0.1, 0.15) is 30.4 Å². The predicted octanol–water partition coefficient (Wildman–Crippen LogP) is 2.79. The molecule has 0 unspecified atom stereocenters. The summed E-state index contributed by atoms with van der Waals surface area (Å²) in [5.74, 6) is 0.0953. The summed E-state index contributed by atoms with van der Waals surface area (Å²) >= 11 is 4.80. The van der Waals surface area contributed by atoms with E-state index >= 15 is 0 Å². The van der Waals surface area contributed by atoms with E-state index in [2.05, 4.69) is 15.9 Å². The van der Waals surface area contributed by atoms with Gasteiger partial charge >= 0.3 is 0 Å². The van der Waals surface area contributed by atoms with E-state index in [1.807, 2.05) is 23.3 Å². The fourth-order valence-electron chi connectivity index (χ4n) is 1.59. The van der Waals surface area contributed by atoms with Crippen LogP contribution in [0.2, 0.25) is 0 Å².